The summed E-state index contributed by atoms with van der Waals surface area (Å²) in [6.07, 6.45) is 11.6. The first-order valence-electron chi connectivity index (χ1n) is 14.6. The molecule has 0 bridgehead atoms. The molecule has 37 heavy (non-hydrogen) atoms. The maximum absolute atomic E-state index is 13.3. The summed E-state index contributed by atoms with van der Waals surface area (Å²) in [4.78, 5) is 26.1. The smallest absolute Gasteiger partial charge is 0.379 e. The van der Waals surface area contributed by atoms with Crippen molar-refractivity contribution in [2.75, 3.05) is 6.61 Å². The standard InChI is InChI=1S/C32H48O5/c1-7-10-11-12-13-14-15-16-20-36-30(34)27(33)25-18-17-24-21-23(5)31(6,35)32(19-8-2)26(24)28(25)37-29(32)22(4)9-3/h17-18,23,29,35H,4,7-16,19-21H2,1-3,5-6H3. The molecule has 0 amide bonds. The average Bonchev–Trinajstić information content (AvgIpc) is 3.23. The maximum atomic E-state index is 13.3. The van der Waals surface area contributed by atoms with Crippen molar-refractivity contribution in [2.45, 2.75) is 129 Å². The Labute approximate surface area is 224 Å². The van der Waals surface area contributed by atoms with Crippen LogP contribution in [0, 0.1) is 5.92 Å². The number of hydrogen-bond donors (Lipinski definition) is 1. The van der Waals surface area contributed by atoms with Crippen molar-refractivity contribution < 1.29 is 24.2 Å². The van der Waals surface area contributed by atoms with Gasteiger partial charge >= 0.3 is 5.97 Å². The summed E-state index contributed by atoms with van der Waals surface area (Å²) in [7, 11) is 0. The molecule has 1 aromatic carbocycles. The molecule has 1 aliphatic carbocycles. The van der Waals surface area contributed by atoms with E-state index in [0.29, 0.717) is 25.0 Å². The van der Waals surface area contributed by atoms with Gasteiger partial charge < -0.3 is 14.6 Å². The highest BCUT2D eigenvalue weighted by Crippen LogP contribution is 2.61. The van der Waals surface area contributed by atoms with Gasteiger partial charge in [-0.05, 0) is 55.7 Å². The summed E-state index contributed by atoms with van der Waals surface area (Å²) < 4.78 is 11.9. The zero-order chi connectivity index (χ0) is 27.2. The molecule has 5 heteroatoms. The van der Waals surface area contributed by atoms with Crippen molar-refractivity contribution in [1.29, 1.82) is 0 Å². The van der Waals surface area contributed by atoms with E-state index in [1.807, 2.05) is 19.9 Å². The van der Waals surface area contributed by atoms with E-state index in [9.17, 15) is 14.7 Å². The average molecular weight is 513 g/mol. The molecule has 1 N–H and O–H groups in total. The van der Waals surface area contributed by atoms with Gasteiger partial charge in [0.2, 0.25) is 0 Å². The van der Waals surface area contributed by atoms with E-state index < -0.39 is 28.9 Å². The highest BCUT2D eigenvalue weighted by atomic mass is 16.5. The molecule has 206 valence electrons. The Morgan fingerprint density at radius 1 is 1.05 bits per heavy atom. The maximum Gasteiger partial charge on any atom is 0.379 e. The summed E-state index contributed by atoms with van der Waals surface area (Å²) in [5, 5.41) is 12.0. The number of aliphatic hydroxyl groups is 1. The minimum atomic E-state index is -1.05. The number of esters is 1. The Morgan fingerprint density at radius 2 is 1.70 bits per heavy atom. The van der Waals surface area contributed by atoms with Gasteiger partial charge in [0, 0.05) is 5.56 Å². The second-order valence-corrected chi connectivity index (χ2v) is 11.4. The van der Waals surface area contributed by atoms with Crippen LogP contribution in [0.4, 0.5) is 0 Å². The second-order valence-electron chi connectivity index (χ2n) is 11.4. The van der Waals surface area contributed by atoms with Crippen molar-refractivity contribution in [3.05, 3.63) is 41.0 Å². The van der Waals surface area contributed by atoms with Crippen LogP contribution in [-0.2, 0) is 21.4 Å². The molecule has 2 aliphatic rings. The number of rotatable bonds is 15. The Kier molecular flexibility index (Phi) is 10.0. The number of Topliss-reactive ketones (excluding diaryl/α,β-unsaturated/α-hetero) is 1. The summed E-state index contributed by atoms with van der Waals surface area (Å²) in [6.45, 7) is 14.9. The molecule has 0 fully saturated rings. The van der Waals surface area contributed by atoms with Crippen molar-refractivity contribution in [3.8, 4) is 5.75 Å². The van der Waals surface area contributed by atoms with Crippen molar-refractivity contribution in [2.24, 2.45) is 5.92 Å². The molecule has 0 aromatic heterocycles. The second kappa shape index (κ2) is 12.6. The summed E-state index contributed by atoms with van der Waals surface area (Å²) in [6, 6.07) is 3.64. The Morgan fingerprint density at radius 3 is 2.32 bits per heavy atom. The third-order valence-corrected chi connectivity index (χ3v) is 8.89. The quantitative estimate of drug-likeness (QED) is 0.0880. The van der Waals surface area contributed by atoms with Crippen LogP contribution < -0.4 is 4.74 Å². The molecule has 0 saturated carbocycles. The number of ketones is 1. The lowest BCUT2D eigenvalue weighted by Crippen LogP contribution is -2.62. The third-order valence-electron chi connectivity index (χ3n) is 8.89. The van der Waals surface area contributed by atoms with Crippen LogP contribution in [0.5, 0.6) is 5.75 Å². The number of unbranched alkanes of at least 4 members (excludes halogenated alkanes) is 7. The number of benzene rings is 1. The molecular weight excluding hydrogens is 464 g/mol. The van der Waals surface area contributed by atoms with Gasteiger partial charge in [0.15, 0.2) is 0 Å². The van der Waals surface area contributed by atoms with Crippen LogP contribution in [0.2, 0.25) is 0 Å². The van der Waals surface area contributed by atoms with Crippen molar-refractivity contribution in [3.63, 3.8) is 0 Å². The fourth-order valence-electron chi connectivity index (χ4n) is 6.52. The number of carbonyl (C=O) groups is 2. The molecular formula is C32H48O5. The molecule has 1 aliphatic heterocycles. The lowest BCUT2D eigenvalue weighted by molar-refractivity contribution is -0.138. The van der Waals surface area contributed by atoms with Gasteiger partial charge in [-0.3, -0.25) is 4.79 Å². The van der Waals surface area contributed by atoms with E-state index in [1.54, 1.807) is 6.07 Å². The minimum Gasteiger partial charge on any atom is -0.484 e. The van der Waals surface area contributed by atoms with Gasteiger partial charge in [0.1, 0.15) is 11.9 Å². The molecule has 1 aromatic rings. The summed E-state index contributed by atoms with van der Waals surface area (Å²) in [5.41, 5.74) is 1.33. The third kappa shape index (κ3) is 5.53. The fraction of sp³-hybridized carbons (Fsp3) is 0.688. The Balaban J connectivity index is 1.79. The largest absolute Gasteiger partial charge is 0.484 e. The lowest BCUT2D eigenvalue weighted by Gasteiger charge is -2.52. The molecule has 5 nitrogen and oxygen atoms in total. The normalized spacial score (nSPS) is 25.9. The highest BCUT2D eigenvalue weighted by molar-refractivity contribution is 6.41. The van der Waals surface area contributed by atoms with E-state index >= 15 is 0 Å². The van der Waals surface area contributed by atoms with Crippen LogP contribution in [0.3, 0.4) is 0 Å². The summed E-state index contributed by atoms with van der Waals surface area (Å²) >= 11 is 0. The molecule has 0 spiro atoms. The SMILES string of the molecule is C=C(CC)C1Oc2c(C(=O)C(=O)OCCCCCCCCCC)ccc3c2C1(CCC)C(C)(O)C(C)C3. The van der Waals surface area contributed by atoms with E-state index in [2.05, 4.69) is 27.4 Å². The van der Waals surface area contributed by atoms with E-state index in [0.717, 1.165) is 42.4 Å². The topological polar surface area (TPSA) is 72.8 Å². The van der Waals surface area contributed by atoms with Crippen LogP contribution in [0.15, 0.2) is 24.3 Å². The van der Waals surface area contributed by atoms with Gasteiger partial charge in [-0.25, -0.2) is 4.79 Å². The molecule has 4 unspecified atom stereocenters. The number of carbonyl (C=O) groups excluding carboxylic acids is 2. The van der Waals surface area contributed by atoms with Gasteiger partial charge in [-0.15, -0.1) is 0 Å². The predicted octanol–water partition coefficient (Wildman–Crippen LogP) is 7.26. The van der Waals surface area contributed by atoms with E-state index in [-0.39, 0.29) is 18.1 Å². The fourth-order valence-corrected chi connectivity index (χ4v) is 6.52. The highest BCUT2D eigenvalue weighted by Gasteiger charge is 2.64. The Bertz CT molecular complexity index is 978. The summed E-state index contributed by atoms with van der Waals surface area (Å²) in [5.74, 6) is -1.07. The van der Waals surface area contributed by atoms with Crippen LogP contribution >= 0.6 is 0 Å². The van der Waals surface area contributed by atoms with E-state index in [1.165, 1.54) is 32.1 Å². The zero-order valence-corrected chi connectivity index (χ0v) is 23.8. The van der Waals surface area contributed by atoms with Gasteiger partial charge in [-0.2, -0.15) is 0 Å². The number of hydrogen-bond acceptors (Lipinski definition) is 5. The van der Waals surface area contributed by atoms with Crippen molar-refractivity contribution >= 4 is 11.8 Å². The lowest BCUT2D eigenvalue weighted by atomic mass is 9.53. The van der Waals surface area contributed by atoms with Gasteiger partial charge in [0.25, 0.3) is 5.78 Å². The first kappa shape index (κ1) is 29.4. The van der Waals surface area contributed by atoms with Crippen LogP contribution in [0.1, 0.15) is 127 Å². The predicted molar refractivity (Wildman–Crippen MR) is 148 cm³/mol. The monoisotopic (exact) mass is 512 g/mol. The van der Waals surface area contributed by atoms with Gasteiger partial charge in [-0.1, -0.05) is 91.7 Å². The first-order chi connectivity index (χ1) is 17.7. The first-order valence-corrected chi connectivity index (χ1v) is 14.6. The van der Waals surface area contributed by atoms with E-state index in [4.69, 9.17) is 9.47 Å². The molecule has 4 atom stereocenters. The zero-order valence-electron chi connectivity index (χ0n) is 23.8. The Hall–Kier alpha value is -2.14. The minimum absolute atomic E-state index is 0.00594. The van der Waals surface area contributed by atoms with Gasteiger partial charge in [0.05, 0.1) is 23.2 Å². The number of ether oxygens (including phenoxy) is 2. The van der Waals surface area contributed by atoms with Crippen LogP contribution in [-0.4, -0.2) is 35.2 Å². The molecule has 1 heterocycles. The van der Waals surface area contributed by atoms with Crippen LogP contribution in [0.25, 0.3) is 0 Å². The molecule has 0 radical (unpaired) electrons. The van der Waals surface area contributed by atoms with Crippen molar-refractivity contribution in [1.82, 2.24) is 0 Å². The molecule has 3 rings (SSSR count). The molecule has 0 saturated heterocycles.